The van der Waals surface area contributed by atoms with E-state index in [9.17, 15) is 14.5 Å². The Kier molecular flexibility index (Phi) is 4.07. The van der Waals surface area contributed by atoms with E-state index in [1.807, 2.05) is 30.3 Å². The van der Waals surface area contributed by atoms with Crippen LogP contribution in [0.3, 0.4) is 0 Å². The van der Waals surface area contributed by atoms with E-state index < -0.39 is 10.7 Å². The Bertz CT molecular complexity index is 573. The Morgan fingerprint density at radius 3 is 2.58 bits per heavy atom. The molecule has 1 N–H and O–H groups in total. The van der Waals surface area contributed by atoms with Crippen LogP contribution in [0, 0.1) is 15.9 Å². The molecule has 2 aromatic rings. The van der Waals surface area contributed by atoms with Gasteiger partial charge in [-0.25, -0.2) is 4.39 Å². The Morgan fingerprint density at radius 2 is 1.89 bits per heavy atom. The molecule has 2 aromatic carbocycles. The van der Waals surface area contributed by atoms with Crippen molar-refractivity contribution >= 4 is 11.4 Å². The fourth-order valence-electron chi connectivity index (χ4n) is 1.75. The molecule has 0 fully saturated rings. The molecule has 0 atom stereocenters. The molecule has 0 bridgehead atoms. The highest BCUT2D eigenvalue weighted by Gasteiger charge is 2.10. The van der Waals surface area contributed by atoms with Gasteiger partial charge in [-0.2, -0.15) is 0 Å². The molecular weight excluding hydrogens is 247 g/mol. The van der Waals surface area contributed by atoms with Gasteiger partial charge in [0.15, 0.2) is 0 Å². The lowest BCUT2D eigenvalue weighted by Gasteiger charge is -2.07. The third kappa shape index (κ3) is 3.51. The van der Waals surface area contributed by atoms with Gasteiger partial charge in [-0.15, -0.1) is 0 Å². The maximum atomic E-state index is 13.5. The van der Waals surface area contributed by atoms with Crippen molar-refractivity contribution in [1.82, 2.24) is 0 Å². The number of halogens is 1. The maximum Gasteiger partial charge on any atom is 0.271 e. The van der Waals surface area contributed by atoms with Gasteiger partial charge in [-0.05, 0) is 18.1 Å². The van der Waals surface area contributed by atoms with E-state index >= 15 is 0 Å². The molecule has 0 heterocycles. The zero-order chi connectivity index (χ0) is 13.7. The van der Waals surface area contributed by atoms with Crippen molar-refractivity contribution < 1.29 is 9.31 Å². The average Bonchev–Trinajstić information content (AvgIpc) is 2.42. The normalized spacial score (nSPS) is 10.2. The zero-order valence-corrected chi connectivity index (χ0v) is 10.2. The summed E-state index contributed by atoms with van der Waals surface area (Å²) in [6.07, 6.45) is 0.725. The zero-order valence-electron chi connectivity index (χ0n) is 10.2. The van der Waals surface area contributed by atoms with Gasteiger partial charge in [0, 0.05) is 18.7 Å². The Morgan fingerprint density at radius 1 is 1.16 bits per heavy atom. The standard InChI is InChI=1S/C14H13FN2O2/c15-13-7-6-12(17(18)19)10-14(13)16-9-8-11-4-2-1-3-5-11/h1-7,10,16H,8-9H2. The van der Waals surface area contributed by atoms with Crippen LogP contribution in [-0.4, -0.2) is 11.5 Å². The van der Waals surface area contributed by atoms with Crippen molar-refractivity contribution in [3.05, 3.63) is 70.0 Å². The van der Waals surface area contributed by atoms with Gasteiger partial charge in [-0.1, -0.05) is 30.3 Å². The van der Waals surface area contributed by atoms with E-state index in [4.69, 9.17) is 0 Å². The fraction of sp³-hybridized carbons (Fsp3) is 0.143. The third-order valence-corrected chi connectivity index (χ3v) is 2.73. The highest BCUT2D eigenvalue weighted by Crippen LogP contribution is 2.21. The second-order valence-electron chi connectivity index (χ2n) is 4.08. The largest absolute Gasteiger partial charge is 0.382 e. The van der Waals surface area contributed by atoms with Gasteiger partial charge in [0.25, 0.3) is 5.69 Å². The highest BCUT2D eigenvalue weighted by molar-refractivity contribution is 5.52. The molecule has 4 nitrogen and oxygen atoms in total. The van der Waals surface area contributed by atoms with Crippen molar-refractivity contribution in [2.45, 2.75) is 6.42 Å². The average molecular weight is 260 g/mol. The van der Waals surface area contributed by atoms with Gasteiger partial charge in [0.05, 0.1) is 10.6 Å². The van der Waals surface area contributed by atoms with Crippen molar-refractivity contribution in [3.63, 3.8) is 0 Å². The highest BCUT2D eigenvalue weighted by atomic mass is 19.1. The number of nitro groups is 1. The van der Waals surface area contributed by atoms with Gasteiger partial charge >= 0.3 is 0 Å². The van der Waals surface area contributed by atoms with Gasteiger partial charge in [0.2, 0.25) is 0 Å². The number of benzene rings is 2. The van der Waals surface area contributed by atoms with Crippen molar-refractivity contribution in [3.8, 4) is 0 Å². The topological polar surface area (TPSA) is 55.2 Å². The first-order valence-corrected chi connectivity index (χ1v) is 5.88. The summed E-state index contributed by atoms with van der Waals surface area (Å²) >= 11 is 0. The number of rotatable bonds is 5. The summed E-state index contributed by atoms with van der Waals surface area (Å²) in [6.45, 7) is 0.516. The van der Waals surface area contributed by atoms with Crippen LogP contribution in [0.5, 0.6) is 0 Å². The molecule has 0 aliphatic heterocycles. The molecule has 98 valence electrons. The Labute approximate surface area is 110 Å². The third-order valence-electron chi connectivity index (χ3n) is 2.73. The summed E-state index contributed by atoms with van der Waals surface area (Å²) in [7, 11) is 0. The van der Waals surface area contributed by atoms with Crippen LogP contribution in [0.15, 0.2) is 48.5 Å². The molecule has 0 aliphatic carbocycles. The van der Waals surface area contributed by atoms with Crippen LogP contribution in [0.25, 0.3) is 0 Å². The van der Waals surface area contributed by atoms with Crippen molar-refractivity contribution in [2.75, 3.05) is 11.9 Å². The van der Waals surface area contributed by atoms with E-state index in [0.29, 0.717) is 6.54 Å². The predicted molar refractivity (Wildman–Crippen MR) is 71.7 cm³/mol. The molecule has 0 saturated heterocycles. The number of hydrogen-bond acceptors (Lipinski definition) is 3. The molecular formula is C14H13FN2O2. The second-order valence-corrected chi connectivity index (χ2v) is 4.08. The molecule has 0 radical (unpaired) electrons. The summed E-state index contributed by atoms with van der Waals surface area (Å²) < 4.78 is 13.5. The van der Waals surface area contributed by atoms with E-state index in [-0.39, 0.29) is 11.4 Å². The van der Waals surface area contributed by atoms with E-state index in [2.05, 4.69) is 5.32 Å². The van der Waals surface area contributed by atoms with Crippen LogP contribution in [0.2, 0.25) is 0 Å². The molecule has 19 heavy (non-hydrogen) atoms. The minimum atomic E-state index is -0.540. The van der Waals surface area contributed by atoms with Crippen LogP contribution < -0.4 is 5.32 Å². The lowest BCUT2D eigenvalue weighted by molar-refractivity contribution is -0.384. The molecule has 0 saturated carbocycles. The molecule has 5 heteroatoms. The summed E-state index contributed by atoms with van der Waals surface area (Å²) in [5.74, 6) is -0.487. The number of non-ortho nitro benzene ring substituents is 1. The molecule has 0 spiro atoms. The first-order chi connectivity index (χ1) is 9.16. The summed E-state index contributed by atoms with van der Waals surface area (Å²) in [5, 5.41) is 13.5. The first kappa shape index (κ1) is 13.0. The molecule has 0 amide bonds. The minimum absolute atomic E-state index is 0.122. The number of nitrogens with one attached hydrogen (secondary N) is 1. The number of anilines is 1. The Hall–Kier alpha value is -2.43. The summed E-state index contributed by atoms with van der Waals surface area (Å²) in [6, 6.07) is 13.2. The summed E-state index contributed by atoms with van der Waals surface area (Å²) in [4.78, 5) is 10.1. The van der Waals surface area contributed by atoms with E-state index in [0.717, 1.165) is 24.1 Å². The van der Waals surface area contributed by atoms with Crippen LogP contribution in [-0.2, 0) is 6.42 Å². The smallest absolute Gasteiger partial charge is 0.271 e. The predicted octanol–water partition coefficient (Wildman–Crippen LogP) is 3.39. The number of nitro benzene ring substituents is 1. The second kappa shape index (κ2) is 5.95. The fourth-order valence-corrected chi connectivity index (χ4v) is 1.75. The SMILES string of the molecule is O=[N+]([O-])c1ccc(F)c(NCCc2ccccc2)c1. The number of hydrogen-bond donors (Lipinski definition) is 1. The van der Waals surface area contributed by atoms with Gasteiger partial charge in [-0.3, -0.25) is 10.1 Å². The quantitative estimate of drug-likeness (QED) is 0.662. The lowest BCUT2D eigenvalue weighted by Crippen LogP contribution is -2.06. The van der Waals surface area contributed by atoms with E-state index in [1.165, 1.54) is 6.07 Å². The summed E-state index contributed by atoms with van der Waals surface area (Å²) in [5.41, 5.74) is 1.16. The molecule has 2 rings (SSSR count). The minimum Gasteiger partial charge on any atom is -0.382 e. The Balaban J connectivity index is 1.99. The first-order valence-electron chi connectivity index (χ1n) is 5.88. The van der Waals surface area contributed by atoms with Crippen LogP contribution in [0.4, 0.5) is 15.8 Å². The monoisotopic (exact) mass is 260 g/mol. The number of nitrogens with zero attached hydrogens (tertiary/aromatic N) is 1. The molecule has 0 aliphatic rings. The van der Waals surface area contributed by atoms with Gasteiger partial charge < -0.3 is 5.32 Å². The van der Waals surface area contributed by atoms with Crippen LogP contribution in [0.1, 0.15) is 5.56 Å². The molecule has 0 aromatic heterocycles. The molecule has 0 unspecified atom stereocenters. The lowest BCUT2D eigenvalue weighted by atomic mass is 10.1. The maximum absolute atomic E-state index is 13.5. The van der Waals surface area contributed by atoms with Crippen molar-refractivity contribution in [1.29, 1.82) is 0 Å². The van der Waals surface area contributed by atoms with Gasteiger partial charge in [0.1, 0.15) is 5.82 Å². The van der Waals surface area contributed by atoms with Crippen molar-refractivity contribution in [2.24, 2.45) is 0 Å². The van der Waals surface area contributed by atoms with E-state index in [1.54, 1.807) is 0 Å². The van der Waals surface area contributed by atoms with Crippen LogP contribution >= 0.6 is 0 Å².